The molecule has 35 heavy (non-hydrogen) atoms. The van der Waals surface area contributed by atoms with Gasteiger partial charge in [-0.1, -0.05) is 12.1 Å². The van der Waals surface area contributed by atoms with Crippen LogP contribution in [-0.2, 0) is 17.1 Å². The zero-order chi connectivity index (χ0) is 25.8. The van der Waals surface area contributed by atoms with Crippen LogP contribution < -0.4 is 5.73 Å². The molecule has 4 nitrogen and oxygen atoms in total. The van der Waals surface area contributed by atoms with Crippen molar-refractivity contribution in [2.24, 2.45) is 11.7 Å². The molecule has 1 aliphatic carbocycles. The predicted molar refractivity (Wildman–Crippen MR) is 111 cm³/mol. The first-order chi connectivity index (χ1) is 16.3. The first kappa shape index (κ1) is 25.0. The van der Waals surface area contributed by atoms with Crippen molar-refractivity contribution < 1.29 is 40.3 Å². The van der Waals surface area contributed by atoms with Crippen molar-refractivity contribution in [3.05, 3.63) is 70.5 Å². The molecule has 0 bridgehead atoms. The number of halogens is 7. The third kappa shape index (κ3) is 4.48. The summed E-state index contributed by atoms with van der Waals surface area (Å²) in [5.41, 5.74) is 1.22. The lowest BCUT2D eigenvalue weighted by Crippen LogP contribution is -2.60. The number of amides is 2. The second-order valence-corrected chi connectivity index (χ2v) is 8.98. The summed E-state index contributed by atoms with van der Waals surface area (Å²) in [5.74, 6) is -4.42. The van der Waals surface area contributed by atoms with Crippen molar-refractivity contribution in [3.63, 3.8) is 0 Å². The summed E-state index contributed by atoms with van der Waals surface area (Å²) in [7, 11) is 0. The van der Waals surface area contributed by atoms with Crippen molar-refractivity contribution >= 4 is 11.8 Å². The van der Waals surface area contributed by atoms with E-state index in [1.807, 2.05) is 0 Å². The largest absolute Gasteiger partial charge is 0.416 e. The minimum atomic E-state index is -4.78. The molecule has 2 N–H and O–H groups in total. The van der Waals surface area contributed by atoms with Crippen LogP contribution >= 0.6 is 0 Å². The summed E-state index contributed by atoms with van der Waals surface area (Å²) in [5, 5.41) is 0. The van der Waals surface area contributed by atoms with Crippen molar-refractivity contribution in [3.8, 4) is 0 Å². The van der Waals surface area contributed by atoms with Crippen molar-refractivity contribution in [2.45, 2.75) is 49.5 Å². The van der Waals surface area contributed by atoms with Gasteiger partial charge in [0.15, 0.2) is 0 Å². The zero-order valence-corrected chi connectivity index (χ0v) is 18.2. The normalized spacial score (nSPS) is 21.7. The Morgan fingerprint density at radius 3 is 2.14 bits per heavy atom. The number of hydrogen-bond donors (Lipinski definition) is 1. The number of carbonyl (C=O) groups excluding carboxylic acids is 2. The summed E-state index contributed by atoms with van der Waals surface area (Å²) in [6, 6.07) is 5.70. The maximum Gasteiger partial charge on any atom is 0.416 e. The Balaban J connectivity index is 1.80. The summed E-state index contributed by atoms with van der Waals surface area (Å²) >= 11 is 0. The molecule has 0 unspecified atom stereocenters. The molecule has 1 aliphatic heterocycles. The van der Waals surface area contributed by atoms with Crippen molar-refractivity contribution in [1.82, 2.24) is 4.90 Å². The number of primary amides is 1. The summed E-state index contributed by atoms with van der Waals surface area (Å²) in [6.45, 7) is -0.0243. The number of benzene rings is 2. The molecule has 4 rings (SSSR count). The lowest BCUT2D eigenvalue weighted by molar-refractivity contribution is -0.138. The SMILES string of the molecule is NC(=O)[C@@]1([C@@H](c2ccc(C(F)(F)F)cc2F)C2CC2)CCCN1C(=O)c1cccc(C(F)(F)F)c1. The third-order valence-electron chi connectivity index (χ3n) is 6.80. The Labute approximate surface area is 195 Å². The molecule has 2 aliphatic rings. The molecule has 0 aromatic heterocycles. The Morgan fingerprint density at radius 2 is 1.60 bits per heavy atom. The van der Waals surface area contributed by atoms with Crippen molar-refractivity contribution in [2.75, 3.05) is 6.54 Å². The van der Waals surface area contributed by atoms with E-state index in [0.29, 0.717) is 31.0 Å². The fourth-order valence-corrected chi connectivity index (χ4v) is 5.13. The molecule has 1 saturated carbocycles. The highest BCUT2D eigenvalue weighted by molar-refractivity contribution is 6.00. The number of carbonyl (C=O) groups is 2. The van der Waals surface area contributed by atoms with Gasteiger partial charge in [-0.3, -0.25) is 9.59 Å². The van der Waals surface area contributed by atoms with Gasteiger partial charge >= 0.3 is 12.4 Å². The van der Waals surface area contributed by atoms with Gasteiger partial charge in [-0.05, 0) is 67.5 Å². The maximum absolute atomic E-state index is 15.1. The topological polar surface area (TPSA) is 63.4 Å². The van der Waals surface area contributed by atoms with Crippen LogP contribution in [0, 0.1) is 11.7 Å². The average molecular weight is 502 g/mol. The minimum absolute atomic E-state index is 0.00860. The lowest BCUT2D eigenvalue weighted by Gasteiger charge is -2.43. The average Bonchev–Trinajstić information content (AvgIpc) is 3.50. The van der Waals surface area contributed by atoms with Crippen LogP contribution in [0.3, 0.4) is 0 Å². The van der Waals surface area contributed by atoms with E-state index in [-0.39, 0.29) is 36.4 Å². The molecule has 2 fully saturated rings. The van der Waals surface area contributed by atoms with Crippen molar-refractivity contribution in [1.29, 1.82) is 0 Å². The quantitative estimate of drug-likeness (QED) is 0.548. The number of alkyl halides is 6. The van der Waals surface area contributed by atoms with Gasteiger partial charge in [0.1, 0.15) is 11.4 Å². The van der Waals surface area contributed by atoms with E-state index >= 15 is 4.39 Å². The van der Waals surface area contributed by atoms with Gasteiger partial charge < -0.3 is 10.6 Å². The third-order valence-corrected chi connectivity index (χ3v) is 6.80. The van der Waals surface area contributed by atoms with Crippen LogP contribution in [0.2, 0.25) is 0 Å². The highest BCUT2D eigenvalue weighted by atomic mass is 19.4. The second kappa shape index (κ2) is 8.53. The summed E-state index contributed by atoms with van der Waals surface area (Å²) in [6.07, 6.45) is -8.15. The van der Waals surface area contributed by atoms with Gasteiger partial charge in [0.05, 0.1) is 11.1 Å². The van der Waals surface area contributed by atoms with E-state index in [0.717, 1.165) is 23.1 Å². The Hall–Kier alpha value is -3.11. The fraction of sp³-hybridized carbons (Fsp3) is 0.417. The standard InChI is InChI=1S/C24H21F7N2O2/c25-18-12-16(24(29,30)31)7-8-17(18)19(13-5-6-13)22(21(32)35)9-2-10-33(22)20(34)14-3-1-4-15(11-14)23(26,27)28/h1,3-4,7-8,11-13,19H,2,5-6,9-10H2,(H2,32,35)/t19-,22+/m1/s1. The number of likely N-dealkylation sites (tertiary alicyclic amines) is 1. The molecule has 0 spiro atoms. The Bertz CT molecular complexity index is 1160. The van der Waals surface area contributed by atoms with Gasteiger partial charge in [-0.25, -0.2) is 4.39 Å². The molecule has 11 heteroatoms. The number of rotatable bonds is 5. The Morgan fingerprint density at radius 1 is 0.971 bits per heavy atom. The molecular weight excluding hydrogens is 481 g/mol. The molecule has 2 atom stereocenters. The first-order valence-corrected chi connectivity index (χ1v) is 10.9. The lowest BCUT2D eigenvalue weighted by atomic mass is 9.73. The summed E-state index contributed by atoms with van der Waals surface area (Å²) < 4.78 is 93.9. The van der Waals surface area contributed by atoms with Gasteiger partial charge in [-0.2, -0.15) is 26.3 Å². The monoisotopic (exact) mass is 502 g/mol. The second-order valence-electron chi connectivity index (χ2n) is 8.98. The Kier molecular flexibility index (Phi) is 6.09. The summed E-state index contributed by atoms with van der Waals surface area (Å²) in [4.78, 5) is 27.4. The van der Waals surface area contributed by atoms with Crippen LogP contribution in [0.4, 0.5) is 30.7 Å². The molecule has 0 radical (unpaired) electrons. The number of hydrogen-bond acceptors (Lipinski definition) is 2. The van der Waals surface area contributed by atoms with E-state index in [2.05, 4.69) is 0 Å². The van der Waals surface area contributed by atoms with Crippen LogP contribution in [-0.4, -0.2) is 28.8 Å². The molecule has 2 aromatic rings. The van der Waals surface area contributed by atoms with Gasteiger partial charge in [0, 0.05) is 18.0 Å². The van der Waals surface area contributed by atoms with Gasteiger partial charge in [-0.15, -0.1) is 0 Å². The van der Waals surface area contributed by atoms with E-state index in [1.54, 1.807) is 0 Å². The smallest absolute Gasteiger partial charge is 0.368 e. The number of nitrogens with two attached hydrogens (primary N) is 1. The van der Waals surface area contributed by atoms with Gasteiger partial charge in [0.25, 0.3) is 5.91 Å². The fourth-order valence-electron chi connectivity index (χ4n) is 5.13. The molecule has 188 valence electrons. The van der Waals surface area contributed by atoms with Crippen LogP contribution in [0.25, 0.3) is 0 Å². The molecule has 2 aromatic carbocycles. The maximum atomic E-state index is 15.1. The van der Waals surface area contributed by atoms with E-state index in [9.17, 15) is 35.9 Å². The first-order valence-electron chi connectivity index (χ1n) is 10.9. The molecular formula is C24H21F7N2O2. The van der Waals surface area contributed by atoms with E-state index in [4.69, 9.17) is 5.73 Å². The van der Waals surface area contributed by atoms with Gasteiger partial charge in [0.2, 0.25) is 5.91 Å². The van der Waals surface area contributed by atoms with Crippen LogP contribution in [0.15, 0.2) is 42.5 Å². The number of nitrogens with zero attached hydrogens (tertiary/aromatic N) is 1. The highest BCUT2D eigenvalue weighted by Crippen LogP contribution is 2.54. The zero-order valence-electron chi connectivity index (χ0n) is 18.2. The van der Waals surface area contributed by atoms with Crippen LogP contribution in [0.5, 0.6) is 0 Å². The predicted octanol–water partition coefficient (Wildman–Crippen LogP) is 5.52. The van der Waals surface area contributed by atoms with Crippen LogP contribution in [0.1, 0.15) is 58.6 Å². The molecule has 2 amide bonds. The highest BCUT2D eigenvalue weighted by Gasteiger charge is 2.59. The molecule has 1 saturated heterocycles. The van der Waals surface area contributed by atoms with E-state index in [1.165, 1.54) is 6.07 Å². The molecule has 1 heterocycles. The minimum Gasteiger partial charge on any atom is -0.368 e. The van der Waals surface area contributed by atoms with E-state index < -0.39 is 52.6 Å².